The Morgan fingerprint density at radius 2 is 1.45 bits per heavy atom. The molecule has 0 aliphatic rings. The van der Waals surface area contributed by atoms with Crippen molar-refractivity contribution in [1.82, 2.24) is 5.32 Å². The molecule has 106 valence electrons. The zero-order valence-corrected chi connectivity index (χ0v) is 12.8. The molecule has 0 amide bonds. The van der Waals surface area contributed by atoms with Gasteiger partial charge in [-0.3, -0.25) is 0 Å². The third-order valence-electron chi connectivity index (χ3n) is 3.31. The fraction of sp³-hybridized carbons (Fsp3) is 0.250. The molecule has 0 radical (unpaired) electrons. The summed E-state index contributed by atoms with van der Waals surface area (Å²) in [4.78, 5) is 0. The van der Waals surface area contributed by atoms with Crippen LogP contribution in [0.1, 0.15) is 37.1 Å². The molecule has 1 N–H and O–H groups in total. The van der Waals surface area contributed by atoms with Crippen LogP contribution in [0, 0.1) is 5.82 Å². The Labute approximate surface area is 128 Å². The molecule has 2 atom stereocenters. The minimum Gasteiger partial charge on any atom is -0.304 e. The normalized spacial score (nSPS) is 14.1. The van der Waals surface area contributed by atoms with Crippen molar-refractivity contribution in [1.29, 1.82) is 0 Å². The number of rotatable bonds is 4. The van der Waals surface area contributed by atoms with Gasteiger partial charge in [-0.25, -0.2) is 4.39 Å². The van der Waals surface area contributed by atoms with E-state index >= 15 is 0 Å². The molecular formula is C16H16Cl2FN. The van der Waals surface area contributed by atoms with Crippen LogP contribution in [0.2, 0.25) is 10.0 Å². The summed E-state index contributed by atoms with van der Waals surface area (Å²) in [7, 11) is 0. The van der Waals surface area contributed by atoms with E-state index in [2.05, 4.69) is 12.2 Å². The summed E-state index contributed by atoms with van der Waals surface area (Å²) in [5.74, 6) is -0.392. The molecule has 2 rings (SSSR count). The first-order valence-corrected chi connectivity index (χ1v) is 7.19. The SMILES string of the molecule is CC(N[C@H](C)c1ccc(Cl)cc1)c1ccc(Cl)c(F)c1. The Morgan fingerprint density at radius 1 is 0.900 bits per heavy atom. The molecule has 0 aromatic heterocycles. The Bertz CT molecular complexity index is 584. The topological polar surface area (TPSA) is 12.0 Å². The standard InChI is InChI=1S/C16H16Cl2FN/c1-10(12-3-6-14(17)7-4-12)20-11(2)13-5-8-15(18)16(19)9-13/h3-11,20H,1-2H3/t10-,11?/m1/s1. The van der Waals surface area contributed by atoms with Crippen molar-refractivity contribution in [2.75, 3.05) is 0 Å². The molecule has 4 heteroatoms. The lowest BCUT2D eigenvalue weighted by atomic mass is 10.0. The first-order valence-electron chi connectivity index (χ1n) is 6.44. The van der Waals surface area contributed by atoms with E-state index in [0.717, 1.165) is 11.1 Å². The predicted octanol–water partition coefficient (Wildman–Crippen LogP) is 5.54. The van der Waals surface area contributed by atoms with Gasteiger partial charge in [0.2, 0.25) is 0 Å². The molecule has 0 saturated carbocycles. The van der Waals surface area contributed by atoms with E-state index in [9.17, 15) is 4.39 Å². The maximum absolute atomic E-state index is 13.5. The van der Waals surface area contributed by atoms with Gasteiger partial charge in [0.25, 0.3) is 0 Å². The second-order valence-corrected chi connectivity index (χ2v) is 5.68. The maximum atomic E-state index is 13.5. The average Bonchev–Trinajstić information content (AvgIpc) is 2.42. The highest BCUT2D eigenvalue weighted by molar-refractivity contribution is 6.30. The molecule has 0 heterocycles. The monoisotopic (exact) mass is 311 g/mol. The van der Waals surface area contributed by atoms with Crippen molar-refractivity contribution in [2.24, 2.45) is 0 Å². The van der Waals surface area contributed by atoms with Gasteiger partial charge >= 0.3 is 0 Å². The Kier molecular flexibility index (Phi) is 5.03. The molecule has 0 aliphatic carbocycles. The van der Waals surface area contributed by atoms with Crippen LogP contribution in [0.5, 0.6) is 0 Å². The predicted molar refractivity (Wildman–Crippen MR) is 82.8 cm³/mol. The summed E-state index contributed by atoms with van der Waals surface area (Å²) in [6.07, 6.45) is 0. The minimum atomic E-state index is -0.392. The zero-order chi connectivity index (χ0) is 14.7. The van der Waals surface area contributed by atoms with E-state index in [1.807, 2.05) is 37.3 Å². The lowest BCUT2D eigenvalue weighted by Gasteiger charge is -2.21. The maximum Gasteiger partial charge on any atom is 0.142 e. The molecule has 0 bridgehead atoms. The lowest BCUT2D eigenvalue weighted by molar-refractivity contribution is 0.492. The van der Waals surface area contributed by atoms with Crippen molar-refractivity contribution in [3.8, 4) is 0 Å². The molecule has 20 heavy (non-hydrogen) atoms. The van der Waals surface area contributed by atoms with Crippen LogP contribution in [0.25, 0.3) is 0 Å². The Morgan fingerprint density at radius 3 is 2.05 bits per heavy atom. The van der Waals surface area contributed by atoms with Crippen molar-refractivity contribution < 1.29 is 4.39 Å². The van der Waals surface area contributed by atoms with Crippen molar-refractivity contribution in [2.45, 2.75) is 25.9 Å². The number of benzene rings is 2. The van der Waals surface area contributed by atoms with E-state index < -0.39 is 5.82 Å². The van der Waals surface area contributed by atoms with Gasteiger partial charge in [-0.15, -0.1) is 0 Å². The van der Waals surface area contributed by atoms with Crippen molar-refractivity contribution in [3.05, 3.63) is 69.5 Å². The molecular weight excluding hydrogens is 296 g/mol. The molecule has 1 unspecified atom stereocenters. The molecule has 0 fully saturated rings. The fourth-order valence-corrected chi connectivity index (χ4v) is 2.34. The van der Waals surface area contributed by atoms with Crippen LogP contribution in [-0.2, 0) is 0 Å². The first-order chi connectivity index (χ1) is 9.47. The summed E-state index contributed by atoms with van der Waals surface area (Å²) in [6, 6.07) is 12.7. The molecule has 0 aliphatic heterocycles. The number of halogens is 3. The smallest absolute Gasteiger partial charge is 0.142 e. The van der Waals surface area contributed by atoms with Crippen LogP contribution in [0.3, 0.4) is 0 Å². The van der Waals surface area contributed by atoms with Gasteiger partial charge in [-0.2, -0.15) is 0 Å². The lowest BCUT2D eigenvalue weighted by Crippen LogP contribution is -2.22. The van der Waals surface area contributed by atoms with Crippen LogP contribution in [0.15, 0.2) is 42.5 Å². The van der Waals surface area contributed by atoms with Crippen LogP contribution in [0.4, 0.5) is 4.39 Å². The van der Waals surface area contributed by atoms with Gasteiger partial charge in [0.1, 0.15) is 5.82 Å². The highest BCUT2D eigenvalue weighted by Gasteiger charge is 2.12. The summed E-state index contributed by atoms with van der Waals surface area (Å²) in [5.41, 5.74) is 2.00. The summed E-state index contributed by atoms with van der Waals surface area (Å²) < 4.78 is 13.5. The van der Waals surface area contributed by atoms with Gasteiger partial charge < -0.3 is 5.32 Å². The summed E-state index contributed by atoms with van der Waals surface area (Å²) in [5, 5.41) is 4.29. The highest BCUT2D eigenvalue weighted by Crippen LogP contribution is 2.23. The van der Waals surface area contributed by atoms with E-state index in [0.29, 0.717) is 5.02 Å². The van der Waals surface area contributed by atoms with Gasteiger partial charge in [-0.05, 0) is 49.2 Å². The second-order valence-electron chi connectivity index (χ2n) is 4.84. The van der Waals surface area contributed by atoms with E-state index in [1.54, 1.807) is 6.07 Å². The number of hydrogen-bond acceptors (Lipinski definition) is 1. The first kappa shape index (κ1) is 15.3. The number of hydrogen-bond donors (Lipinski definition) is 1. The summed E-state index contributed by atoms with van der Waals surface area (Å²) >= 11 is 11.6. The average molecular weight is 312 g/mol. The van der Waals surface area contributed by atoms with Gasteiger partial charge in [0.15, 0.2) is 0 Å². The minimum absolute atomic E-state index is 0.0208. The summed E-state index contributed by atoms with van der Waals surface area (Å²) in [6.45, 7) is 4.06. The fourth-order valence-electron chi connectivity index (χ4n) is 2.10. The Hall–Kier alpha value is -1.09. The molecule has 0 spiro atoms. The van der Waals surface area contributed by atoms with E-state index in [4.69, 9.17) is 23.2 Å². The Balaban J connectivity index is 2.08. The van der Waals surface area contributed by atoms with Crippen molar-refractivity contribution >= 4 is 23.2 Å². The quantitative estimate of drug-likeness (QED) is 0.781. The van der Waals surface area contributed by atoms with Crippen LogP contribution in [-0.4, -0.2) is 0 Å². The zero-order valence-electron chi connectivity index (χ0n) is 11.3. The third kappa shape index (κ3) is 3.72. The molecule has 0 saturated heterocycles. The molecule has 2 aromatic carbocycles. The van der Waals surface area contributed by atoms with Crippen LogP contribution >= 0.6 is 23.2 Å². The highest BCUT2D eigenvalue weighted by atomic mass is 35.5. The second kappa shape index (κ2) is 6.57. The third-order valence-corrected chi connectivity index (χ3v) is 3.87. The van der Waals surface area contributed by atoms with Gasteiger partial charge in [-0.1, -0.05) is 41.4 Å². The largest absolute Gasteiger partial charge is 0.304 e. The van der Waals surface area contributed by atoms with Crippen molar-refractivity contribution in [3.63, 3.8) is 0 Å². The van der Waals surface area contributed by atoms with Gasteiger partial charge in [0.05, 0.1) is 5.02 Å². The van der Waals surface area contributed by atoms with Gasteiger partial charge in [0, 0.05) is 17.1 Å². The van der Waals surface area contributed by atoms with E-state index in [1.165, 1.54) is 6.07 Å². The van der Waals surface area contributed by atoms with Crippen LogP contribution < -0.4 is 5.32 Å². The molecule has 2 aromatic rings. The number of nitrogens with one attached hydrogen (secondary N) is 1. The molecule has 1 nitrogen and oxygen atoms in total. The van der Waals surface area contributed by atoms with E-state index in [-0.39, 0.29) is 17.1 Å².